The molecule has 3 heterocycles. The fraction of sp³-hybridized carbons (Fsp3) is 0. The molecular formula is C15H9ClN4. The van der Waals surface area contributed by atoms with Crippen LogP contribution in [0.5, 0.6) is 0 Å². The smallest absolute Gasteiger partial charge is 0.147 e. The van der Waals surface area contributed by atoms with Crippen molar-refractivity contribution in [2.45, 2.75) is 0 Å². The quantitative estimate of drug-likeness (QED) is 0.535. The highest BCUT2D eigenvalue weighted by molar-refractivity contribution is 6.29. The van der Waals surface area contributed by atoms with Gasteiger partial charge in [0.1, 0.15) is 5.15 Å². The third-order valence-corrected chi connectivity index (χ3v) is 3.50. The van der Waals surface area contributed by atoms with E-state index in [0.29, 0.717) is 5.15 Å². The maximum absolute atomic E-state index is 5.88. The molecule has 0 saturated heterocycles. The Morgan fingerprint density at radius 1 is 1.00 bits per heavy atom. The summed E-state index contributed by atoms with van der Waals surface area (Å²) in [6.45, 7) is 0. The predicted molar refractivity (Wildman–Crippen MR) is 78.7 cm³/mol. The van der Waals surface area contributed by atoms with Gasteiger partial charge in [-0.25, -0.2) is 9.50 Å². The molecule has 96 valence electrons. The first kappa shape index (κ1) is 11.4. The summed E-state index contributed by atoms with van der Waals surface area (Å²) >= 11 is 5.88. The van der Waals surface area contributed by atoms with Crippen LogP contribution < -0.4 is 0 Å². The standard InChI is InChI=1S/C15H9ClN4/c16-14-9-20-13(8-18-14)12(7-19-20)15-11-4-2-1-3-10(11)5-6-17-15/h1-9H. The van der Waals surface area contributed by atoms with E-state index in [4.69, 9.17) is 11.6 Å². The van der Waals surface area contributed by atoms with Gasteiger partial charge >= 0.3 is 0 Å². The van der Waals surface area contributed by atoms with E-state index in [0.717, 1.165) is 27.5 Å². The van der Waals surface area contributed by atoms with Crippen LogP contribution in [0.1, 0.15) is 0 Å². The topological polar surface area (TPSA) is 43.1 Å². The van der Waals surface area contributed by atoms with Gasteiger partial charge in [0.2, 0.25) is 0 Å². The summed E-state index contributed by atoms with van der Waals surface area (Å²) in [5, 5.41) is 6.98. The fourth-order valence-electron chi connectivity index (χ4n) is 2.38. The van der Waals surface area contributed by atoms with Crippen molar-refractivity contribution < 1.29 is 0 Å². The second-order valence-electron chi connectivity index (χ2n) is 4.48. The summed E-state index contributed by atoms with van der Waals surface area (Å²) in [6.07, 6.45) is 7.01. The first-order valence-corrected chi connectivity index (χ1v) is 6.54. The van der Waals surface area contributed by atoms with Crippen molar-refractivity contribution in [1.82, 2.24) is 19.6 Å². The minimum atomic E-state index is 0.415. The van der Waals surface area contributed by atoms with Gasteiger partial charge in [-0.15, -0.1) is 0 Å². The summed E-state index contributed by atoms with van der Waals surface area (Å²) in [5.74, 6) is 0. The zero-order chi connectivity index (χ0) is 13.5. The molecular weight excluding hydrogens is 272 g/mol. The van der Waals surface area contributed by atoms with E-state index < -0.39 is 0 Å². The predicted octanol–water partition coefficient (Wildman–Crippen LogP) is 3.60. The van der Waals surface area contributed by atoms with Crippen LogP contribution in [0.3, 0.4) is 0 Å². The molecule has 0 saturated carbocycles. The Kier molecular flexibility index (Phi) is 2.44. The van der Waals surface area contributed by atoms with Gasteiger partial charge in [-0.05, 0) is 11.5 Å². The van der Waals surface area contributed by atoms with Crippen molar-refractivity contribution in [2.24, 2.45) is 0 Å². The zero-order valence-electron chi connectivity index (χ0n) is 10.4. The average Bonchev–Trinajstić information content (AvgIpc) is 2.89. The van der Waals surface area contributed by atoms with E-state index in [1.807, 2.05) is 24.4 Å². The SMILES string of the molecule is Clc1cn2ncc(-c3nccc4ccccc34)c2cn1. The van der Waals surface area contributed by atoms with Crippen LogP contribution in [-0.4, -0.2) is 19.6 Å². The summed E-state index contributed by atoms with van der Waals surface area (Å²) < 4.78 is 1.72. The van der Waals surface area contributed by atoms with Gasteiger partial charge in [-0.1, -0.05) is 35.9 Å². The van der Waals surface area contributed by atoms with Crippen molar-refractivity contribution >= 4 is 27.9 Å². The second-order valence-corrected chi connectivity index (χ2v) is 4.87. The van der Waals surface area contributed by atoms with Crippen LogP contribution >= 0.6 is 11.6 Å². The van der Waals surface area contributed by atoms with Gasteiger partial charge in [0, 0.05) is 17.1 Å². The first-order chi connectivity index (χ1) is 9.83. The summed E-state index contributed by atoms with van der Waals surface area (Å²) in [5.41, 5.74) is 2.74. The van der Waals surface area contributed by atoms with Crippen molar-refractivity contribution in [3.05, 3.63) is 60.3 Å². The Morgan fingerprint density at radius 2 is 1.90 bits per heavy atom. The Hall–Kier alpha value is -2.46. The molecule has 0 atom stereocenters. The van der Waals surface area contributed by atoms with Crippen LogP contribution in [0.2, 0.25) is 5.15 Å². The molecule has 0 aliphatic carbocycles. The second kappa shape index (κ2) is 4.28. The van der Waals surface area contributed by atoms with Gasteiger partial charge in [0.05, 0.1) is 29.8 Å². The number of pyridine rings is 1. The molecule has 4 rings (SSSR count). The lowest BCUT2D eigenvalue weighted by molar-refractivity contribution is 0.946. The molecule has 0 radical (unpaired) electrons. The van der Waals surface area contributed by atoms with Crippen LogP contribution in [-0.2, 0) is 0 Å². The highest BCUT2D eigenvalue weighted by Crippen LogP contribution is 2.29. The van der Waals surface area contributed by atoms with Crippen LogP contribution in [0.15, 0.2) is 55.1 Å². The lowest BCUT2D eigenvalue weighted by Gasteiger charge is -2.04. The minimum Gasteiger partial charge on any atom is -0.255 e. The molecule has 1 aromatic carbocycles. The molecule has 3 aromatic heterocycles. The Bertz CT molecular complexity index is 924. The third-order valence-electron chi connectivity index (χ3n) is 3.30. The summed E-state index contributed by atoms with van der Waals surface area (Å²) in [6, 6.07) is 10.2. The zero-order valence-corrected chi connectivity index (χ0v) is 11.1. The molecule has 0 bridgehead atoms. The fourth-order valence-corrected chi connectivity index (χ4v) is 2.52. The Morgan fingerprint density at radius 3 is 2.85 bits per heavy atom. The van der Waals surface area contributed by atoms with Gasteiger partial charge < -0.3 is 0 Å². The highest BCUT2D eigenvalue weighted by Gasteiger charge is 2.11. The molecule has 20 heavy (non-hydrogen) atoms. The molecule has 0 aliphatic rings. The minimum absolute atomic E-state index is 0.415. The van der Waals surface area contributed by atoms with Gasteiger partial charge in [0.15, 0.2) is 0 Å². The lowest BCUT2D eigenvalue weighted by atomic mass is 10.1. The van der Waals surface area contributed by atoms with Crippen LogP contribution in [0, 0.1) is 0 Å². The average molecular weight is 281 g/mol. The molecule has 4 nitrogen and oxygen atoms in total. The molecule has 5 heteroatoms. The highest BCUT2D eigenvalue weighted by atomic mass is 35.5. The van der Waals surface area contributed by atoms with E-state index in [2.05, 4.69) is 27.2 Å². The molecule has 0 amide bonds. The maximum Gasteiger partial charge on any atom is 0.147 e. The molecule has 0 aliphatic heterocycles. The van der Waals surface area contributed by atoms with E-state index in [-0.39, 0.29) is 0 Å². The van der Waals surface area contributed by atoms with Crippen molar-refractivity contribution in [3.63, 3.8) is 0 Å². The Balaban J connectivity index is 2.06. The van der Waals surface area contributed by atoms with E-state index >= 15 is 0 Å². The first-order valence-electron chi connectivity index (χ1n) is 6.16. The van der Waals surface area contributed by atoms with Crippen molar-refractivity contribution in [2.75, 3.05) is 0 Å². The normalized spacial score (nSPS) is 11.2. The summed E-state index contributed by atoms with van der Waals surface area (Å²) in [4.78, 5) is 8.63. The van der Waals surface area contributed by atoms with Crippen LogP contribution in [0.25, 0.3) is 27.5 Å². The number of hydrogen-bond donors (Lipinski definition) is 0. The van der Waals surface area contributed by atoms with Crippen molar-refractivity contribution in [3.8, 4) is 11.3 Å². The molecule has 0 spiro atoms. The molecule has 0 unspecified atom stereocenters. The maximum atomic E-state index is 5.88. The molecule has 0 N–H and O–H groups in total. The number of hydrogen-bond acceptors (Lipinski definition) is 3. The van der Waals surface area contributed by atoms with E-state index in [1.165, 1.54) is 0 Å². The number of fused-ring (bicyclic) bond motifs is 2. The van der Waals surface area contributed by atoms with Gasteiger partial charge in [-0.2, -0.15) is 5.10 Å². The largest absolute Gasteiger partial charge is 0.255 e. The lowest BCUT2D eigenvalue weighted by Crippen LogP contribution is -1.89. The van der Waals surface area contributed by atoms with Crippen LogP contribution in [0.4, 0.5) is 0 Å². The number of aromatic nitrogens is 4. The van der Waals surface area contributed by atoms with Crippen molar-refractivity contribution in [1.29, 1.82) is 0 Å². The number of halogens is 1. The number of benzene rings is 1. The number of nitrogens with zero attached hydrogens (tertiary/aromatic N) is 4. The number of rotatable bonds is 1. The Labute approximate surface area is 119 Å². The molecule has 0 fully saturated rings. The van der Waals surface area contributed by atoms with E-state index in [1.54, 1.807) is 23.1 Å². The van der Waals surface area contributed by atoms with E-state index in [9.17, 15) is 0 Å². The van der Waals surface area contributed by atoms with Gasteiger partial charge in [0.25, 0.3) is 0 Å². The molecule has 4 aromatic rings. The monoisotopic (exact) mass is 280 g/mol. The summed E-state index contributed by atoms with van der Waals surface area (Å²) in [7, 11) is 0. The third kappa shape index (κ3) is 1.66. The van der Waals surface area contributed by atoms with Gasteiger partial charge in [-0.3, -0.25) is 4.98 Å².